The van der Waals surface area contributed by atoms with Gasteiger partial charge in [-0.1, -0.05) is 25.0 Å². The van der Waals surface area contributed by atoms with Crippen molar-refractivity contribution in [1.29, 1.82) is 0 Å². The summed E-state index contributed by atoms with van der Waals surface area (Å²) < 4.78 is 13.4. The lowest BCUT2D eigenvalue weighted by Crippen LogP contribution is -2.56. The van der Waals surface area contributed by atoms with Crippen molar-refractivity contribution in [3.63, 3.8) is 0 Å². The fourth-order valence-electron chi connectivity index (χ4n) is 19.1. The van der Waals surface area contributed by atoms with Gasteiger partial charge < -0.3 is 9.47 Å². The van der Waals surface area contributed by atoms with Gasteiger partial charge in [0.25, 0.3) is 0 Å². The molecule has 4 nitrogen and oxygen atoms in total. The molecular weight excluding hydrogens is 629 g/mol. The summed E-state index contributed by atoms with van der Waals surface area (Å²) in [5.41, 5.74) is 4.65. The zero-order chi connectivity index (χ0) is 34.1. The standard InChI is InChI=1S/C24H32O2.C23H32O2/c1-2-23-8-6-15-14-5-4-13(25)10-16(14)17-11-18(17)21(15)22(23)19-12-20(19)24(23)7-3-9-26-24;1-2-22-10-8-17-16-7-5-15(24)12-14(16)4-6-18(17)21(22)19-13-20(19)23(22)9-3-11-25-23/h10,14-15,17-22H,2-9,11-12H2,1H3;12,16-21H,2-11,13H2,1H3/t14?,15?,17-,18-,19-,20+,21?,22?,23+,24+;16?,17?,18?,19-,20+,21?,22+,23+/m11/s1. The molecule has 51 heavy (non-hydrogen) atoms. The van der Waals surface area contributed by atoms with Gasteiger partial charge in [0.1, 0.15) is 0 Å². The van der Waals surface area contributed by atoms with Crippen LogP contribution in [0.25, 0.3) is 0 Å². The number of rotatable bonds is 2. The predicted octanol–water partition coefficient (Wildman–Crippen LogP) is 9.70. The summed E-state index contributed by atoms with van der Waals surface area (Å²) in [5.74, 6) is 13.3. The average molecular weight is 693 g/mol. The Kier molecular flexibility index (Phi) is 6.74. The quantitative estimate of drug-likeness (QED) is 0.289. The molecular formula is C47H64O4. The minimum Gasteiger partial charge on any atom is -0.374 e. The average Bonchev–Trinajstić information content (AvgIpc) is 4.12. The van der Waals surface area contributed by atoms with Crippen molar-refractivity contribution in [3.05, 3.63) is 23.3 Å². The lowest BCUT2D eigenvalue weighted by molar-refractivity contribution is -0.161. The predicted molar refractivity (Wildman–Crippen MR) is 196 cm³/mol. The molecule has 0 aromatic carbocycles. The second-order valence-corrected chi connectivity index (χ2v) is 21.0. The zero-order valence-corrected chi connectivity index (χ0v) is 31.7. The summed E-state index contributed by atoms with van der Waals surface area (Å²) in [7, 11) is 0. The van der Waals surface area contributed by atoms with Crippen LogP contribution in [0.1, 0.15) is 136 Å². The van der Waals surface area contributed by atoms with Crippen LogP contribution in [0.3, 0.4) is 0 Å². The molecule has 2 saturated heterocycles. The molecule has 11 aliphatic carbocycles. The van der Waals surface area contributed by atoms with E-state index in [9.17, 15) is 9.59 Å². The molecule has 11 fully saturated rings. The highest BCUT2D eigenvalue weighted by Crippen LogP contribution is 2.82. The summed E-state index contributed by atoms with van der Waals surface area (Å²) in [6, 6.07) is 0. The zero-order valence-electron chi connectivity index (χ0n) is 31.7. The molecule has 0 radical (unpaired) electrons. The Morgan fingerprint density at radius 1 is 0.588 bits per heavy atom. The van der Waals surface area contributed by atoms with Crippen LogP contribution in [-0.2, 0) is 19.1 Å². The van der Waals surface area contributed by atoms with Crippen LogP contribution in [0.5, 0.6) is 0 Å². The summed E-state index contributed by atoms with van der Waals surface area (Å²) >= 11 is 0. The number of hydrogen-bond acceptors (Lipinski definition) is 4. The summed E-state index contributed by atoms with van der Waals surface area (Å²) in [4.78, 5) is 24.0. The second kappa shape index (κ2) is 10.7. The van der Waals surface area contributed by atoms with Crippen LogP contribution in [-0.4, -0.2) is 36.0 Å². The number of allylic oxidation sites excluding steroid dienone is 2. The Morgan fingerprint density at radius 3 is 1.88 bits per heavy atom. The van der Waals surface area contributed by atoms with E-state index in [1.165, 1.54) is 102 Å². The molecule has 4 heteroatoms. The van der Waals surface area contributed by atoms with E-state index in [2.05, 4.69) is 19.9 Å². The molecule has 0 N–H and O–H groups in total. The van der Waals surface area contributed by atoms with Crippen LogP contribution in [0.2, 0.25) is 0 Å². The van der Waals surface area contributed by atoms with Gasteiger partial charge in [-0.15, -0.1) is 0 Å². The van der Waals surface area contributed by atoms with Gasteiger partial charge in [-0.3, -0.25) is 9.59 Å². The van der Waals surface area contributed by atoms with Crippen molar-refractivity contribution in [3.8, 4) is 0 Å². The van der Waals surface area contributed by atoms with Crippen LogP contribution in [0, 0.1) is 93.7 Å². The smallest absolute Gasteiger partial charge is 0.155 e. The summed E-state index contributed by atoms with van der Waals surface area (Å²) in [6.45, 7) is 6.99. The molecule has 9 saturated carbocycles. The molecule has 0 bridgehead atoms. The monoisotopic (exact) mass is 692 g/mol. The molecule has 13 aliphatic rings. The normalized spacial score (nSPS) is 58.7. The third-order valence-corrected chi connectivity index (χ3v) is 20.4. The Labute approximate surface area is 307 Å². The maximum Gasteiger partial charge on any atom is 0.155 e. The second-order valence-electron chi connectivity index (χ2n) is 21.0. The molecule has 13 rings (SSSR count). The number of carbonyl (C=O) groups is 2. The largest absolute Gasteiger partial charge is 0.374 e. The molecule has 18 atom stereocenters. The van der Waals surface area contributed by atoms with Crippen LogP contribution in [0.15, 0.2) is 23.3 Å². The van der Waals surface area contributed by atoms with Crippen LogP contribution in [0.4, 0.5) is 0 Å². The van der Waals surface area contributed by atoms with Gasteiger partial charge in [-0.25, -0.2) is 0 Å². The molecule has 0 amide bonds. The highest BCUT2D eigenvalue weighted by molar-refractivity contribution is 5.92. The first kappa shape index (κ1) is 32.0. The lowest BCUT2D eigenvalue weighted by atomic mass is 9.47. The molecule has 276 valence electrons. The number of hydrogen-bond donors (Lipinski definition) is 0. The van der Waals surface area contributed by atoms with Crippen molar-refractivity contribution in [2.24, 2.45) is 93.7 Å². The van der Waals surface area contributed by atoms with Gasteiger partial charge in [0.15, 0.2) is 11.6 Å². The summed E-state index contributed by atoms with van der Waals surface area (Å²) in [5, 5.41) is 0. The van der Waals surface area contributed by atoms with Gasteiger partial charge in [-0.2, -0.15) is 0 Å². The highest BCUT2D eigenvalue weighted by atomic mass is 16.5. The third-order valence-electron chi connectivity index (χ3n) is 20.4. The minimum absolute atomic E-state index is 0.265. The van der Waals surface area contributed by atoms with Gasteiger partial charge in [0.05, 0.1) is 11.2 Å². The molecule has 2 aliphatic heterocycles. The van der Waals surface area contributed by atoms with E-state index in [0.717, 1.165) is 122 Å². The van der Waals surface area contributed by atoms with Crippen molar-refractivity contribution in [2.45, 2.75) is 147 Å². The van der Waals surface area contributed by atoms with E-state index >= 15 is 0 Å². The molecule has 0 aromatic rings. The highest BCUT2D eigenvalue weighted by Gasteiger charge is 2.80. The van der Waals surface area contributed by atoms with E-state index < -0.39 is 0 Å². The Balaban J connectivity index is 0.000000116. The fraction of sp³-hybridized carbons (Fsp3) is 0.872. The molecule has 2 heterocycles. The molecule has 8 unspecified atom stereocenters. The van der Waals surface area contributed by atoms with Crippen molar-refractivity contribution < 1.29 is 19.1 Å². The summed E-state index contributed by atoms with van der Waals surface area (Å²) in [6.07, 6.45) is 28.6. The first-order valence-electron chi connectivity index (χ1n) is 22.7. The van der Waals surface area contributed by atoms with E-state index in [0.29, 0.717) is 22.4 Å². The number of ether oxygens (including phenoxy) is 2. The Hall–Kier alpha value is -1.26. The van der Waals surface area contributed by atoms with Gasteiger partial charge in [0, 0.05) is 36.9 Å². The lowest BCUT2D eigenvalue weighted by Gasteiger charge is -2.58. The van der Waals surface area contributed by atoms with Gasteiger partial charge in [0.2, 0.25) is 0 Å². The maximum atomic E-state index is 12.1. The van der Waals surface area contributed by atoms with E-state index in [-0.39, 0.29) is 11.2 Å². The maximum absolute atomic E-state index is 12.1. The Bertz CT molecular complexity index is 1590. The van der Waals surface area contributed by atoms with E-state index in [4.69, 9.17) is 9.47 Å². The van der Waals surface area contributed by atoms with Crippen LogP contribution < -0.4 is 0 Å². The number of fused-ring (bicyclic) bond motifs is 21. The number of carbonyl (C=O) groups excluding carboxylic acids is 2. The SMILES string of the molecule is CC[C@]12CCC3C4CCC(=O)C=C4CCC3C1[C@@H]1C[C@@H]1[C@@]21CCCO1.CC[C@]12CCC3C4CCC(=O)C=C4[C@H]4C[C@H]4C3C1[C@@H]1C[C@@H]1[C@@]21CCCO1. The van der Waals surface area contributed by atoms with E-state index in [1.54, 1.807) is 5.57 Å². The molecule has 2 spiro atoms. The minimum atomic E-state index is 0.265. The Morgan fingerprint density at radius 2 is 1.22 bits per heavy atom. The van der Waals surface area contributed by atoms with Crippen molar-refractivity contribution >= 4 is 11.6 Å². The molecule has 0 aromatic heterocycles. The van der Waals surface area contributed by atoms with Crippen LogP contribution >= 0.6 is 0 Å². The van der Waals surface area contributed by atoms with Gasteiger partial charge in [-0.05, 0) is 204 Å². The van der Waals surface area contributed by atoms with E-state index in [1.807, 2.05) is 6.08 Å². The first-order chi connectivity index (χ1) is 24.9. The fourth-order valence-corrected chi connectivity index (χ4v) is 19.1. The van der Waals surface area contributed by atoms with Crippen molar-refractivity contribution in [2.75, 3.05) is 13.2 Å². The van der Waals surface area contributed by atoms with Gasteiger partial charge >= 0.3 is 0 Å². The first-order valence-corrected chi connectivity index (χ1v) is 22.7. The number of ketones is 2. The van der Waals surface area contributed by atoms with Crippen molar-refractivity contribution in [1.82, 2.24) is 0 Å². The topological polar surface area (TPSA) is 52.6 Å². The third kappa shape index (κ3) is 3.88.